The van der Waals surface area contributed by atoms with Crippen molar-refractivity contribution in [2.75, 3.05) is 44.6 Å². The zero-order valence-corrected chi connectivity index (χ0v) is 19.8. The third kappa shape index (κ3) is 4.97. The molecular weight excluding hydrogens is 448 g/mol. The van der Waals surface area contributed by atoms with E-state index < -0.39 is 10.0 Å². The Labute approximate surface area is 192 Å². The van der Waals surface area contributed by atoms with Gasteiger partial charge in [-0.1, -0.05) is 17.7 Å². The van der Waals surface area contributed by atoms with Gasteiger partial charge in [-0.25, -0.2) is 13.2 Å². The maximum absolute atomic E-state index is 12.8. The highest BCUT2D eigenvalue weighted by molar-refractivity contribution is 7.91. The van der Waals surface area contributed by atoms with Crippen molar-refractivity contribution in [1.29, 1.82) is 0 Å². The smallest absolute Gasteiger partial charge is 0.322 e. The van der Waals surface area contributed by atoms with E-state index >= 15 is 0 Å². The summed E-state index contributed by atoms with van der Waals surface area (Å²) in [7, 11) is -3.49. The van der Waals surface area contributed by atoms with Crippen molar-refractivity contribution in [3.05, 3.63) is 47.5 Å². The predicted octanol–water partition coefficient (Wildman–Crippen LogP) is 3.22. The molecule has 0 spiro atoms. The Balaban J connectivity index is 1.35. The molecule has 32 heavy (non-hydrogen) atoms. The van der Waals surface area contributed by atoms with E-state index in [0.717, 1.165) is 29.7 Å². The van der Waals surface area contributed by atoms with Gasteiger partial charge in [0.2, 0.25) is 0 Å². The molecule has 0 bridgehead atoms. The van der Waals surface area contributed by atoms with Crippen LogP contribution in [0.15, 0.2) is 40.6 Å². The van der Waals surface area contributed by atoms with Crippen LogP contribution in [0.1, 0.15) is 35.2 Å². The molecule has 2 saturated heterocycles. The maximum Gasteiger partial charge on any atom is 0.322 e. The van der Waals surface area contributed by atoms with Gasteiger partial charge in [0, 0.05) is 44.8 Å². The topological polar surface area (TPSA) is 90.0 Å². The molecule has 2 aliphatic rings. The number of carbonyl (C=O) groups is 2. The summed E-state index contributed by atoms with van der Waals surface area (Å²) in [5.74, 6) is -0.0222. The normalized spacial score (nSPS) is 17.9. The van der Waals surface area contributed by atoms with Gasteiger partial charge in [-0.15, -0.1) is 11.3 Å². The third-order valence-electron chi connectivity index (χ3n) is 5.81. The Bertz CT molecular complexity index is 1090. The molecule has 0 atom stereocenters. The second-order valence-electron chi connectivity index (χ2n) is 8.16. The number of rotatable bonds is 4. The zero-order valence-electron chi connectivity index (χ0n) is 18.1. The highest BCUT2D eigenvalue weighted by Crippen LogP contribution is 2.30. The lowest BCUT2D eigenvalue weighted by molar-refractivity contribution is 0.0762. The van der Waals surface area contributed by atoms with Crippen LogP contribution in [0.3, 0.4) is 0 Å². The molecule has 3 amide bonds. The Morgan fingerprint density at radius 3 is 2.38 bits per heavy atom. The summed E-state index contributed by atoms with van der Waals surface area (Å²) < 4.78 is 27.1. The van der Waals surface area contributed by atoms with Crippen LogP contribution in [0.4, 0.5) is 9.80 Å². The third-order valence-corrected chi connectivity index (χ3v) is 9.17. The fourth-order valence-electron chi connectivity index (χ4n) is 4.05. The number of anilines is 1. The van der Waals surface area contributed by atoms with E-state index in [4.69, 9.17) is 0 Å². The number of nitrogens with zero attached hydrogens (tertiary/aromatic N) is 3. The maximum atomic E-state index is 12.8. The van der Waals surface area contributed by atoms with Crippen LogP contribution in [0.2, 0.25) is 0 Å². The molecule has 1 N–H and O–H groups in total. The summed E-state index contributed by atoms with van der Waals surface area (Å²) in [6.07, 6.45) is 2.45. The summed E-state index contributed by atoms with van der Waals surface area (Å²) in [6, 6.07) is 10.4. The molecule has 2 aromatic rings. The standard InChI is InChI=1S/C22H28N4O4S2/c1-17-6-4-7-18(16-17)21(27)24-10-5-11-25(15-14-24)22(28)23-19-8-9-20(31-19)32(29,30)26-12-2-3-13-26/h4,6-9,16H,2-3,5,10-15H2,1H3,(H,23,28). The molecule has 0 unspecified atom stereocenters. The van der Waals surface area contributed by atoms with Crippen molar-refractivity contribution >= 4 is 38.3 Å². The minimum Gasteiger partial charge on any atom is -0.337 e. The summed E-state index contributed by atoms with van der Waals surface area (Å²) in [6.45, 7) is 5.06. The van der Waals surface area contributed by atoms with Crippen molar-refractivity contribution in [3.63, 3.8) is 0 Å². The van der Waals surface area contributed by atoms with Crippen molar-refractivity contribution in [1.82, 2.24) is 14.1 Å². The van der Waals surface area contributed by atoms with Crippen LogP contribution in [0.5, 0.6) is 0 Å². The summed E-state index contributed by atoms with van der Waals surface area (Å²) >= 11 is 1.08. The van der Waals surface area contributed by atoms with E-state index in [-0.39, 0.29) is 16.1 Å². The lowest BCUT2D eigenvalue weighted by Gasteiger charge is -2.22. The molecule has 1 aromatic carbocycles. The monoisotopic (exact) mass is 476 g/mol. The van der Waals surface area contributed by atoms with Crippen molar-refractivity contribution in [2.45, 2.75) is 30.4 Å². The first-order valence-corrected chi connectivity index (χ1v) is 13.1. The number of sulfonamides is 1. The van der Waals surface area contributed by atoms with E-state index in [1.165, 1.54) is 4.31 Å². The minimum absolute atomic E-state index is 0.0222. The number of hydrogen-bond donors (Lipinski definition) is 1. The van der Waals surface area contributed by atoms with Gasteiger partial charge in [0.05, 0.1) is 5.00 Å². The van der Waals surface area contributed by atoms with Gasteiger partial charge in [-0.05, 0) is 50.5 Å². The highest BCUT2D eigenvalue weighted by atomic mass is 32.2. The molecule has 10 heteroatoms. The van der Waals surface area contributed by atoms with Crippen LogP contribution < -0.4 is 5.32 Å². The molecule has 0 aliphatic carbocycles. The number of urea groups is 1. The quantitative estimate of drug-likeness (QED) is 0.734. The number of thiophene rings is 1. The van der Waals surface area contributed by atoms with Gasteiger partial charge >= 0.3 is 6.03 Å². The lowest BCUT2D eigenvalue weighted by Crippen LogP contribution is -2.39. The van der Waals surface area contributed by atoms with Crippen LogP contribution in [0.25, 0.3) is 0 Å². The molecule has 172 valence electrons. The van der Waals surface area contributed by atoms with E-state index in [9.17, 15) is 18.0 Å². The SMILES string of the molecule is Cc1cccc(C(=O)N2CCCN(C(=O)Nc3ccc(S(=O)(=O)N4CCCC4)s3)CC2)c1. The van der Waals surface area contributed by atoms with E-state index in [1.54, 1.807) is 21.9 Å². The summed E-state index contributed by atoms with van der Waals surface area (Å²) in [5, 5.41) is 3.33. The van der Waals surface area contributed by atoms with Gasteiger partial charge in [-0.2, -0.15) is 4.31 Å². The average Bonchev–Trinajstić information content (AvgIpc) is 3.42. The second kappa shape index (κ2) is 9.60. The number of carbonyl (C=O) groups excluding carboxylic acids is 2. The Hall–Kier alpha value is -2.43. The summed E-state index contributed by atoms with van der Waals surface area (Å²) in [5.41, 5.74) is 1.70. The second-order valence-corrected chi connectivity index (χ2v) is 11.4. The van der Waals surface area contributed by atoms with Gasteiger partial charge in [0.15, 0.2) is 0 Å². The van der Waals surface area contributed by atoms with E-state index in [2.05, 4.69) is 5.32 Å². The van der Waals surface area contributed by atoms with E-state index in [1.807, 2.05) is 31.2 Å². The number of nitrogens with one attached hydrogen (secondary N) is 1. The average molecular weight is 477 g/mol. The molecule has 3 heterocycles. The lowest BCUT2D eigenvalue weighted by atomic mass is 10.1. The Morgan fingerprint density at radius 2 is 1.62 bits per heavy atom. The number of benzene rings is 1. The van der Waals surface area contributed by atoms with Crippen molar-refractivity contribution in [3.8, 4) is 0 Å². The minimum atomic E-state index is -3.49. The zero-order chi connectivity index (χ0) is 22.7. The van der Waals surface area contributed by atoms with Gasteiger partial charge < -0.3 is 9.80 Å². The van der Waals surface area contributed by atoms with Crippen LogP contribution >= 0.6 is 11.3 Å². The molecule has 2 fully saturated rings. The van der Waals surface area contributed by atoms with Gasteiger partial charge in [0.25, 0.3) is 15.9 Å². The summed E-state index contributed by atoms with van der Waals surface area (Å²) in [4.78, 5) is 29.1. The Morgan fingerprint density at radius 1 is 0.906 bits per heavy atom. The Kier molecular flexibility index (Phi) is 6.82. The van der Waals surface area contributed by atoms with Crippen molar-refractivity contribution < 1.29 is 18.0 Å². The van der Waals surface area contributed by atoms with Gasteiger partial charge in [-0.3, -0.25) is 10.1 Å². The van der Waals surface area contributed by atoms with Crippen molar-refractivity contribution in [2.24, 2.45) is 0 Å². The fraction of sp³-hybridized carbons (Fsp3) is 0.455. The molecule has 4 rings (SSSR count). The molecular formula is C22H28N4O4S2. The van der Waals surface area contributed by atoms with Crippen LogP contribution in [0, 0.1) is 6.92 Å². The number of hydrogen-bond acceptors (Lipinski definition) is 5. The van der Waals surface area contributed by atoms with E-state index in [0.29, 0.717) is 56.3 Å². The van der Waals surface area contributed by atoms with Gasteiger partial charge in [0.1, 0.15) is 4.21 Å². The number of aryl methyl sites for hydroxylation is 1. The first-order valence-electron chi connectivity index (χ1n) is 10.9. The number of amides is 3. The molecule has 0 saturated carbocycles. The van der Waals surface area contributed by atoms with Crippen LogP contribution in [-0.2, 0) is 10.0 Å². The molecule has 1 aromatic heterocycles. The molecule has 0 radical (unpaired) electrons. The molecule has 2 aliphatic heterocycles. The largest absolute Gasteiger partial charge is 0.337 e. The predicted molar refractivity (Wildman–Crippen MR) is 125 cm³/mol. The van der Waals surface area contributed by atoms with Crippen LogP contribution in [-0.4, -0.2) is 73.7 Å². The molecule has 8 nitrogen and oxygen atoms in total. The first-order chi connectivity index (χ1) is 15.3. The first kappa shape index (κ1) is 22.8. The highest BCUT2D eigenvalue weighted by Gasteiger charge is 2.29. The fourth-order valence-corrected chi connectivity index (χ4v) is 6.92.